The Labute approximate surface area is 128 Å². The maximum absolute atomic E-state index is 12.1. The monoisotopic (exact) mass is 297 g/mol. The Balaban J connectivity index is 2.31. The first-order valence-electron chi connectivity index (χ1n) is 8.24. The van der Waals surface area contributed by atoms with Gasteiger partial charge < -0.3 is 10.6 Å². The van der Waals surface area contributed by atoms with Crippen molar-refractivity contribution in [1.29, 1.82) is 0 Å². The third kappa shape index (κ3) is 6.93. The standard InChI is InChI=1S/C16H31N3O2/c1-11(2)10-17-15(20)12(3)18-13(4)16(21)19-14-8-6-5-7-9-14/h11-14,18H,5-10H2,1-4H3,(H,17,20)(H,19,21). The van der Waals surface area contributed by atoms with Gasteiger partial charge in [0.1, 0.15) is 0 Å². The molecule has 2 atom stereocenters. The van der Waals surface area contributed by atoms with Gasteiger partial charge in [0.05, 0.1) is 12.1 Å². The molecule has 0 aromatic heterocycles. The molecular weight excluding hydrogens is 266 g/mol. The second-order valence-corrected chi connectivity index (χ2v) is 6.59. The molecule has 0 spiro atoms. The van der Waals surface area contributed by atoms with Crippen LogP contribution in [0.15, 0.2) is 0 Å². The van der Waals surface area contributed by atoms with Gasteiger partial charge in [-0.2, -0.15) is 0 Å². The van der Waals surface area contributed by atoms with E-state index in [1.807, 2.05) is 6.92 Å². The predicted molar refractivity (Wildman–Crippen MR) is 84.9 cm³/mol. The summed E-state index contributed by atoms with van der Waals surface area (Å²) >= 11 is 0. The molecule has 0 heterocycles. The van der Waals surface area contributed by atoms with Crippen LogP contribution in [0.25, 0.3) is 0 Å². The molecule has 0 saturated heterocycles. The second kappa shape index (κ2) is 9.03. The maximum atomic E-state index is 12.1. The van der Waals surface area contributed by atoms with Crippen LogP contribution in [0.3, 0.4) is 0 Å². The Bertz CT molecular complexity index is 338. The molecule has 0 bridgehead atoms. The van der Waals surface area contributed by atoms with Crippen molar-refractivity contribution in [3.8, 4) is 0 Å². The van der Waals surface area contributed by atoms with Gasteiger partial charge >= 0.3 is 0 Å². The Hall–Kier alpha value is -1.10. The van der Waals surface area contributed by atoms with E-state index in [2.05, 4.69) is 29.8 Å². The van der Waals surface area contributed by atoms with Crippen LogP contribution in [-0.4, -0.2) is 36.5 Å². The molecule has 122 valence electrons. The number of carbonyl (C=O) groups excluding carboxylic acids is 2. The largest absolute Gasteiger partial charge is 0.354 e. The average molecular weight is 297 g/mol. The molecule has 2 amide bonds. The Morgan fingerprint density at radius 2 is 1.52 bits per heavy atom. The molecule has 5 heteroatoms. The topological polar surface area (TPSA) is 70.2 Å². The van der Waals surface area contributed by atoms with E-state index in [1.54, 1.807) is 6.92 Å². The van der Waals surface area contributed by atoms with Crippen LogP contribution in [0, 0.1) is 5.92 Å². The molecule has 1 aliphatic carbocycles. The van der Waals surface area contributed by atoms with E-state index in [0.29, 0.717) is 18.5 Å². The van der Waals surface area contributed by atoms with E-state index in [0.717, 1.165) is 12.8 Å². The van der Waals surface area contributed by atoms with E-state index in [-0.39, 0.29) is 23.9 Å². The van der Waals surface area contributed by atoms with Crippen LogP contribution in [0.4, 0.5) is 0 Å². The van der Waals surface area contributed by atoms with E-state index in [1.165, 1.54) is 19.3 Å². The first-order chi connectivity index (χ1) is 9.90. The Kier molecular flexibility index (Phi) is 7.72. The first kappa shape index (κ1) is 18.0. The molecule has 21 heavy (non-hydrogen) atoms. The summed E-state index contributed by atoms with van der Waals surface area (Å²) in [5.41, 5.74) is 0. The van der Waals surface area contributed by atoms with Crippen molar-refractivity contribution < 1.29 is 9.59 Å². The smallest absolute Gasteiger partial charge is 0.237 e. The van der Waals surface area contributed by atoms with Crippen molar-refractivity contribution in [2.24, 2.45) is 5.92 Å². The third-order valence-electron chi connectivity index (χ3n) is 3.92. The molecule has 3 N–H and O–H groups in total. The van der Waals surface area contributed by atoms with Gasteiger partial charge in [-0.1, -0.05) is 33.1 Å². The lowest BCUT2D eigenvalue weighted by Gasteiger charge is -2.26. The van der Waals surface area contributed by atoms with Gasteiger partial charge in [0.15, 0.2) is 0 Å². The highest BCUT2D eigenvalue weighted by atomic mass is 16.2. The van der Waals surface area contributed by atoms with Crippen LogP contribution < -0.4 is 16.0 Å². The van der Waals surface area contributed by atoms with Crippen molar-refractivity contribution in [1.82, 2.24) is 16.0 Å². The number of hydrogen-bond acceptors (Lipinski definition) is 3. The molecule has 1 saturated carbocycles. The van der Waals surface area contributed by atoms with Crippen molar-refractivity contribution in [2.45, 2.75) is 77.9 Å². The normalized spacial score (nSPS) is 19.1. The van der Waals surface area contributed by atoms with Gasteiger partial charge in [-0.3, -0.25) is 14.9 Å². The van der Waals surface area contributed by atoms with Crippen LogP contribution in [0.5, 0.6) is 0 Å². The lowest BCUT2D eigenvalue weighted by atomic mass is 9.95. The summed E-state index contributed by atoms with van der Waals surface area (Å²) in [6, 6.07) is -0.414. The molecule has 5 nitrogen and oxygen atoms in total. The summed E-state index contributed by atoms with van der Waals surface area (Å²) in [6.45, 7) is 8.37. The highest BCUT2D eigenvalue weighted by Gasteiger charge is 2.22. The molecule has 1 rings (SSSR count). The van der Waals surface area contributed by atoms with Crippen LogP contribution in [0.2, 0.25) is 0 Å². The second-order valence-electron chi connectivity index (χ2n) is 6.59. The fourth-order valence-electron chi connectivity index (χ4n) is 2.56. The highest BCUT2D eigenvalue weighted by molar-refractivity contribution is 5.85. The van der Waals surface area contributed by atoms with Gasteiger partial charge in [0, 0.05) is 12.6 Å². The lowest BCUT2D eigenvalue weighted by Crippen LogP contribution is -2.53. The summed E-state index contributed by atoms with van der Waals surface area (Å²) in [6.07, 6.45) is 5.81. The SMILES string of the molecule is CC(C)CNC(=O)C(C)NC(C)C(=O)NC1CCCCC1. The number of rotatable bonds is 7. The van der Waals surface area contributed by atoms with E-state index in [4.69, 9.17) is 0 Å². The van der Waals surface area contributed by atoms with Crippen molar-refractivity contribution in [3.05, 3.63) is 0 Å². The van der Waals surface area contributed by atoms with Crippen molar-refractivity contribution >= 4 is 11.8 Å². The maximum Gasteiger partial charge on any atom is 0.237 e. The van der Waals surface area contributed by atoms with Gasteiger partial charge in [-0.25, -0.2) is 0 Å². The number of nitrogens with one attached hydrogen (secondary N) is 3. The van der Waals surface area contributed by atoms with Gasteiger partial charge in [-0.15, -0.1) is 0 Å². The highest BCUT2D eigenvalue weighted by Crippen LogP contribution is 2.17. The molecule has 1 fully saturated rings. The zero-order chi connectivity index (χ0) is 15.8. The summed E-state index contributed by atoms with van der Waals surface area (Å²) in [7, 11) is 0. The molecule has 0 aromatic carbocycles. The zero-order valence-electron chi connectivity index (χ0n) is 13.9. The van der Waals surface area contributed by atoms with E-state index < -0.39 is 0 Å². The third-order valence-corrected chi connectivity index (χ3v) is 3.92. The Morgan fingerprint density at radius 1 is 0.952 bits per heavy atom. The first-order valence-corrected chi connectivity index (χ1v) is 8.24. The van der Waals surface area contributed by atoms with Crippen molar-refractivity contribution in [2.75, 3.05) is 6.54 Å². The minimum atomic E-state index is -0.365. The van der Waals surface area contributed by atoms with Crippen LogP contribution >= 0.6 is 0 Å². The zero-order valence-corrected chi connectivity index (χ0v) is 13.9. The fourth-order valence-corrected chi connectivity index (χ4v) is 2.56. The summed E-state index contributed by atoms with van der Waals surface area (Å²) in [4.78, 5) is 24.0. The summed E-state index contributed by atoms with van der Waals surface area (Å²) in [5.74, 6) is 0.361. The lowest BCUT2D eigenvalue weighted by molar-refractivity contribution is -0.125. The van der Waals surface area contributed by atoms with Gasteiger partial charge in [0.25, 0.3) is 0 Å². The van der Waals surface area contributed by atoms with E-state index >= 15 is 0 Å². The number of hydrogen-bond donors (Lipinski definition) is 3. The minimum absolute atomic E-state index is 0.00888. The molecule has 0 aromatic rings. The Morgan fingerprint density at radius 3 is 2.10 bits per heavy atom. The minimum Gasteiger partial charge on any atom is -0.354 e. The molecular formula is C16H31N3O2. The number of amides is 2. The summed E-state index contributed by atoms with van der Waals surface area (Å²) < 4.78 is 0. The van der Waals surface area contributed by atoms with E-state index in [9.17, 15) is 9.59 Å². The summed E-state index contributed by atoms with van der Waals surface area (Å²) in [5, 5.41) is 9.02. The van der Waals surface area contributed by atoms with Gasteiger partial charge in [0.2, 0.25) is 11.8 Å². The van der Waals surface area contributed by atoms with Gasteiger partial charge in [-0.05, 0) is 32.6 Å². The number of carbonyl (C=O) groups is 2. The van der Waals surface area contributed by atoms with Crippen molar-refractivity contribution in [3.63, 3.8) is 0 Å². The quantitative estimate of drug-likeness (QED) is 0.668. The molecule has 0 radical (unpaired) electrons. The average Bonchev–Trinajstić information content (AvgIpc) is 2.45. The molecule has 2 unspecified atom stereocenters. The van der Waals surface area contributed by atoms with Crippen LogP contribution in [-0.2, 0) is 9.59 Å². The predicted octanol–water partition coefficient (Wildman–Crippen LogP) is 1.57. The van der Waals surface area contributed by atoms with Crippen LogP contribution in [0.1, 0.15) is 59.8 Å². The molecule has 0 aliphatic heterocycles. The molecule has 1 aliphatic rings. The fraction of sp³-hybridized carbons (Fsp3) is 0.875.